The van der Waals surface area contributed by atoms with Gasteiger partial charge in [0.05, 0.1) is 6.61 Å². The fourth-order valence-corrected chi connectivity index (χ4v) is 2.86. The number of nitrogens with one attached hydrogen (secondary N) is 1. The van der Waals surface area contributed by atoms with Crippen LogP contribution in [0.4, 0.5) is 5.95 Å². The number of anilines is 1. The molecule has 1 aliphatic heterocycles. The van der Waals surface area contributed by atoms with Gasteiger partial charge in [-0.05, 0) is 38.7 Å². The van der Waals surface area contributed by atoms with Gasteiger partial charge in [-0.3, -0.25) is 4.79 Å². The van der Waals surface area contributed by atoms with Crippen LogP contribution in [0.5, 0.6) is 0 Å². The quantitative estimate of drug-likeness (QED) is 0.817. The van der Waals surface area contributed by atoms with Crippen molar-refractivity contribution in [3.8, 4) is 0 Å². The Labute approximate surface area is 132 Å². The van der Waals surface area contributed by atoms with Gasteiger partial charge in [0.2, 0.25) is 5.95 Å². The maximum absolute atomic E-state index is 12.8. The number of carbonyl (C=O) groups excluding carboxylic acids is 1. The highest BCUT2D eigenvalue weighted by molar-refractivity contribution is 5.93. The van der Waals surface area contributed by atoms with Crippen molar-refractivity contribution in [3.63, 3.8) is 0 Å². The molecule has 1 fully saturated rings. The molecule has 1 unspecified atom stereocenters. The topological polar surface area (TPSA) is 67.4 Å². The number of hydrogen-bond acceptors (Lipinski definition) is 5. The van der Waals surface area contributed by atoms with E-state index in [1.165, 1.54) is 6.42 Å². The molecule has 6 nitrogen and oxygen atoms in total. The van der Waals surface area contributed by atoms with Crippen molar-refractivity contribution in [2.75, 3.05) is 32.1 Å². The molecule has 6 heteroatoms. The van der Waals surface area contributed by atoms with Crippen LogP contribution < -0.4 is 5.32 Å². The summed E-state index contributed by atoms with van der Waals surface area (Å²) in [5, 5.41) is 3.09. The second-order valence-electron chi connectivity index (χ2n) is 5.69. The number of piperidine rings is 1. The lowest BCUT2D eigenvalue weighted by Crippen LogP contribution is -2.43. The number of rotatable bonds is 6. The third-order valence-corrected chi connectivity index (χ3v) is 4.02. The number of amides is 1. The molecular weight excluding hydrogens is 280 g/mol. The minimum Gasteiger partial charge on any atom is -0.383 e. The van der Waals surface area contributed by atoms with Gasteiger partial charge in [0.1, 0.15) is 5.69 Å². The first-order valence-corrected chi connectivity index (χ1v) is 8.05. The van der Waals surface area contributed by atoms with Gasteiger partial charge >= 0.3 is 0 Å². The van der Waals surface area contributed by atoms with E-state index in [-0.39, 0.29) is 5.91 Å². The second kappa shape index (κ2) is 8.08. The Bertz CT molecular complexity index is 507. The first-order valence-electron chi connectivity index (χ1n) is 8.05. The van der Waals surface area contributed by atoms with Gasteiger partial charge in [0.25, 0.3) is 5.91 Å². The first-order chi connectivity index (χ1) is 10.7. The molecular formula is C16H26N4O2. The summed E-state index contributed by atoms with van der Waals surface area (Å²) >= 11 is 0. The molecule has 2 rings (SSSR count). The van der Waals surface area contributed by atoms with Crippen LogP contribution >= 0.6 is 0 Å². The Balaban J connectivity index is 2.14. The number of carbonyl (C=O) groups is 1. The molecule has 0 radical (unpaired) electrons. The minimum absolute atomic E-state index is 0.0202. The van der Waals surface area contributed by atoms with Crippen molar-refractivity contribution < 1.29 is 9.53 Å². The highest BCUT2D eigenvalue weighted by atomic mass is 16.5. The number of hydrogen-bond donors (Lipinski definition) is 1. The molecule has 0 bridgehead atoms. The average molecular weight is 306 g/mol. The summed E-state index contributed by atoms with van der Waals surface area (Å²) < 4.78 is 5.00. The third-order valence-electron chi connectivity index (χ3n) is 4.02. The van der Waals surface area contributed by atoms with Crippen LogP contribution in [0, 0.1) is 6.92 Å². The highest BCUT2D eigenvalue weighted by Gasteiger charge is 2.27. The third kappa shape index (κ3) is 4.16. The molecule has 1 amide bonds. The minimum atomic E-state index is 0.0202. The van der Waals surface area contributed by atoms with Crippen LogP contribution in [0.3, 0.4) is 0 Å². The van der Waals surface area contributed by atoms with Gasteiger partial charge in [-0.1, -0.05) is 6.92 Å². The Morgan fingerprint density at radius 2 is 2.27 bits per heavy atom. The van der Waals surface area contributed by atoms with Crippen LogP contribution in [0.25, 0.3) is 0 Å². The van der Waals surface area contributed by atoms with E-state index < -0.39 is 0 Å². The summed E-state index contributed by atoms with van der Waals surface area (Å²) in [6, 6.07) is 2.10. The molecule has 0 spiro atoms. The number of aromatic nitrogens is 2. The molecule has 122 valence electrons. The molecule has 22 heavy (non-hydrogen) atoms. The van der Waals surface area contributed by atoms with Crippen LogP contribution in [-0.2, 0) is 4.74 Å². The van der Waals surface area contributed by atoms with Crippen molar-refractivity contribution in [2.45, 2.75) is 45.6 Å². The molecule has 0 aliphatic carbocycles. The Morgan fingerprint density at radius 1 is 1.45 bits per heavy atom. The monoisotopic (exact) mass is 306 g/mol. The second-order valence-corrected chi connectivity index (χ2v) is 5.69. The van der Waals surface area contributed by atoms with E-state index in [1.807, 2.05) is 11.8 Å². The average Bonchev–Trinajstić information content (AvgIpc) is 2.54. The standard InChI is InChI=1S/C16H26N4O2/c1-4-13-7-5-6-9-20(13)15(21)14-11-12(2)18-16(19-14)17-8-10-22-3/h11,13H,4-10H2,1-3H3,(H,17,18,19). The smallest absolute Gasteiger partial charge is 0.272 e. The lowest BCUT2D eigenvalue weighted by atomic mass is 9.99. The van der Waals surface area contributed by atoms with E-state index in [0.717, 1.165) is 31.5 Å². The van der Waals surface area contributed by atoms with Gasteiger partial charge < -0.3 is 15.0 Å². The molecule has 1 aliphatic rings. The fraction of sp³-hybridized carbons (Fsp3) is 0.688. The highest BCUT2D eigenvalue weighted by Crippen LogP contribution is 2.21. The summed E-state index contributed by atoms with van der Waals surface area (Å²) in [5.74, 6) is 0.511. The molecule has 1 atom stereocenters. The van der Waals surface area contributed by atoms with Gasteiger partial charge in [0.15, 0.2) is 0 Å². The Morgan fingerprint density at radius 3 is 3.00 bits per heavy atom. The van der Waals surface area contributed by atoms with E-state index in [1.54, 1.807) is 13.2 Å². The molecule has 2 heterocycles. The van der Waals surface area contributed by atoms with Crippen molar-refractivity contribution in [2.24, 2.45) is 0 Å². The van der Waals surface area contributed by atoms with Crippen molar-refractivity contribution in [3.05, 3.63) is 17.5 Å². The normalized spacial score (nSPS) is 18.3. The number of nitrogens with zero attached hydrogens (tertiary/aromatic N) is 3. The zero-order valence-corrected chi connectivity index (χ0v) is 13.8. The molecule has 1 aromatic heterocycles. The van der Waals surface area contributed by atoms with Gasteiger partial charge in [-0.15, -0.1) is 0 Å². The zero-order chi connectivity index (χ0) is 15.9. The SMILES string of the molecule is CCC1CCCCN1C(=O)c1cc(C)nc(NCCOC)n1. The summed E-state index contributed by atoms with van der Waals surface area (Å²) in [7, 11) is 1.65. The van der Waals surface area contributed by atoms with E-state index in [4.69, 9.17) is 4.74 Å². The number of ether oxygens (including phenoxy) is 1. The maximum atomic E-state index is 12.8. The molecule has 1 N–H and O–H groups in total. The van der Waals surface area contributed by atoms with Crippen LogP contribution in [0.15, 0.2) is 6.07 Å². The predicted octanol–water partition coefficient (Wildman–Crippen LogP) is 2.25. The lowest BCUT2D eigenvalue weighted by molar-refractivity contribution is 0.0602. The zero-order valence-electron chi connectivity index (χ0n) is 13.8. The van der Waals surface area contributed by atoms with Gasteiger partial charge in [0, 0.05) is 31.9 Å². The van der Waals surface area contributed by atoms with Gasteiger partial charge in [-0.25, -0.2) is 9.97 Å². The van der Waals surface area contributed by atoms with E-state index in [2.05, 4.69) is 22.2 Å². The van der Waals surface area contributed by atoms with Crippen molar-refractivity contribution >= 4 is 11.9 Å². The molecule has 1 saturated heterocycles. The van der Waals surface area contributed by atoms with E-state index in [0.29, 0.717) is 30.8 Å². The van der Waals surface area contributed by atoms with Crippen LogP contribution in [0.2, 0.25) is 0 Å². The summed E-state index contributed by atoms with van der Waals surface area (Å²) in [5.41, 5.74) is 1.27. The predicted molar refractivity (Wildman–Crippen MR) is 86.1 cm³/mol. The van der Waals surface area contributed by atoms with Crippen molar-refractivity contribution in [1.82, 2.24) is 14.9 Å². The van der Waals surface area contributed by atoms with E-state index >= 15 is 0 Å². The lowest BCUT2D eigenvalue weighted by Gasteiger charge is -2.35. The van der Waals surface area contributed by atoms with E-state index in [9.17, 15) is 4.79 Å². The fourth-order valence-electron chi connectivity index (χ4n) is 2.86. The van der Waals surface area contributed by atoms with Crippen LogP contribution in [0.1, 0.15) is 48.8 Å². The summed E-state index contributed by atoms with van der Waals surface area (Å²) in [4.78, 5) is 23.5. The molecule has 0 saturated carbocycles. The first kappa shape index (κ1) is 16.7. The van der Waals surface area contributed by atoms with Crippen molar-refractivity contribution in [1.29, 1.82) is 0 Å². The summed E-state index contributed by atoms with van der Waals surface area (Å²) in [6.45, 7) is 6.04. The largest absolute Gasteiger partial charge is 0.383 e. The molecule has 0 aromatic carbocycles. The maximum Gasteiger partial charge on any atom is 0.272 e. The van der Waals surface area contributed by atoms with Gasteiger partial charge in [-0.2, -0.15) is 0 Å². The Kier molecular flexibility index (Phi) is 6.12. The van der Waals surface area contributed by atoms with Crippen LogP contribution in [-0.4, -0.2) is 53.6 Å². The Hall–Kier alpha value is -1.69. The number of likely N-dealkylation sites (tertiary alicyclic amines) is 1. The number of methoxy groups -OCH3 is 1. The molecule has 1 aromatic rings. The summed E-state index contributed by atoms with van der Waals surface area (Å²) in [6.07, 6.45) is 4.36. The number of aryl methyl sites for hydroxylation is 1.